The molecule has 2 aromatic carbocycles. The van der Waals surface area contributed by atoms with Crippen molar-refractivity contribution >= 4 is 17.5 Å². The van der Waals surface area contributed by atoms with Gasteiger partial charge < -0.3 is 5.32 Å². The van der Waals surface area contributed by atoms with E-state index in [1.165, 1.54) is 11.1 Å². The first-order valence-corrected chi connectivity index (χ1v) is 10.5. The van der Waals surface area contributed by atoms with Gasteiger partial charge in [-0.3, -0.25) is 9.78 Å². The number of carbonyl (C=O) groups is 1. The fourth-order valence-electron chi connectivity index (χ4n) is 3.33. The number of rotatable bonds is 6. The normalized spacial score (nSPS) is 10.8. The predicted octanol–water partition coefficient (Wildman–Crippen LogP) is 5.18. The Morgan fingerprint density at radius 2 is 1.87 bits per heavy atom. The Morgan fingerprint density at radius 3 is 2.61 bits per heavy atom. The molecule has 0 aliphatic rings. The molecule has 4 rings (SSSR count). The number of hydrogen-bond acceptors (Lipinski definition) is 3. The lowest BCUT2D eigenvalue weighted by Crippen LogP contribution is -2.28. The van der Waals surface area contributed by atoms with E-state index in [4.69, 9.17) is 16.7 Å². The third-order valence-electron chi connectivity index (χ3n) is 5.19. The zero-order valence-electron chi connectivity index (χ0n) is 17.5. The molecule has 0 aliphatic heterocycles. The summed E-state index contributed by atoms with van der Waals surface area (Å²) in [7, 11) is 0. The molecule has 1 amide bonds. The monoisotopic (exact) mass is 430 g/mol. The summed E-state index contributed by atoms with van der Waals surface area (Å²) in [5, 5.41) is 8.30. The predicted molar refractivity (Wildman–Crippen MR) is 124 cm³/mol. The molecule has 2 heterocycles. The van der Waals surface area contributed by atoms with Crippen LogP contribution in [0.3, 0.4) is 0 Å². The van der Waals surface area contributed by atoms with Crippen LogP contribution in [0.25, 0.3) is 16.9 Å². The highest BCUT2D eigenvalue weighted by Gasteiger charge is 2.18. The molecule has 0 fully saturated rings. The lowest BCUT2D eigenvalue weighted by atomic mass is 10.0. The van der Waals surface area contributed by atoms with Gasteiger partial charge in [0, 0.05) is 35.4 Å². The Hall–Kier alpha value is -3.44. The number of carbonyl (C=O) groups excluding carboxylic acids is 1. The third kappa shape index (κ3) is 4.84. The van der Waals surface area contributed by atoms with Crippen molar-refractivity contribution in [2.24, 2.45) is 0 Å². The van der Waals surface area contributed by atoms with Crippen LogP contribution < -0.4 is 5.32 Å². The average Bonchev–Trinajstić information content (AvgIpc) is 3.22. The van der Waals surface area contributed by atoms with Crippen molar-refractivity contribution in [3.8, 4) is 16.9 Å². The first kappa shape index (κ1) is 20.8. The van der Waals surface area contributed by atoms with Crippen LogP contribution in [0.5, 0.6) is 0 Å². The smallest absolute Gasteiger partial charge is 0.270 e. The number of nitrogens with zero attached hydrogens (tertiary/aromatic N) is 3. The Morgan fingerprint density at radius 1 is 1.00 bits per heavy atom. The second kappa shape index (κ2) is 9.14. The van der Waals surface area contributed by atoms with Gasteiger partial charge in [0.25, 0.3) is 5.91 Å². The molecule has 0 spiro atoms. The van der Waals surface area contributed by atoms with Crippen molar-refractivity contribution in [1.29, 1.82) is 0 Å². The molecule has 31 heavy (non-hydrogen) atoms. The molecule has 4 aromatic rings. The minimum absolute atomic E-state index is 0.196. The van der Waals surface area contributed by atoms with Gasteiger partial charge in [0.05, 0.1) is 11.4 Å². The van der Waals surface area contributed by atoms with Gasteiger partial charge in [-0.15, -0.1) is 0 Å². The highest BCUT2D eigenvalue weighted by molar-refractivity contribution is 6.30. The van der Waals surface area contributed by atoms with Gasteiger partial charge in [0.1, 0.15) is 5.69 Å². The average molecular weight is 431 g/mol. The summed E-state index contributed by atoms with van der Waals surface area (Å²) >= 11 is 6.19. The molecule has 0 unspecified atom stereocenters. The van der Waals surface area contributed by atoms with Crippen molar-refractivity contribution in [3.05, 3.63) is 100 Å². The number of halogens is 1. The van der Waals surface area contributed by atoms with Crippen LogP contribution in [0, 0.1) is 13.8 Å². The number of aromatic nitrogens is 3. The quantitative estimate of drug-likeness (QED) is 0.458. The standard InChI is InChI=1S/C25H23ClN4O/c1-17-9-10-19(14-18(17)2)23-16-24(30(29-23)22-8-5-6-20(26)15-22)25(31)28-13-11-21-7-3-4-12-27-21/h3-10,12,14-16H,11,13H2,1-2H3,(H,28,31). The second-order valence-electron chi connectivity index (χ2n) is 7.43. The maximum Gasteiger partial charge on any atom is 0.270 e. The Kier molecular flexibility index (Phi) is 6.14. The lowest BCUT2D eigenvalue weighted by molar-refractivity contribution is 0.0946. The minimum atomic E-state index is -0.196. The molecule has 156 valence electrons. The molecule has 0 atom stereocenters. The Labute approximate surface area is 186 Å². The molecule has 0 saturated carbocycles. The van der Waals surface area contributed by atoms with Crippen molar-refractivity contribution in [2.45, 2.75) is 20.3 Å². The molecule has 0 saturated heterocycles. The topological polar surface area (TPSA) is 59.8 Å². The summed E-state index contributed by atoms with van der Waals surface area (Å²) in [6.45, 7) is 4.62. The molecule has 0 radical (unpaired) electrons. The fraction of sp³-hybridized carbons (Fsp3) is 0.160. The number of aryl methyl sites for hydroxylation is 2. The van der Waals surface area contributed by atoms with Crippen LogP contribution >= 0.6 is 11.6 Å². The summed E-state index contributed by atoms with van der Waals surface area (Å²) in [5.41, 5.74) is 6.21. The highest BCUT2D eigenvalue weighted by atomic mass is 35.5. The number of amides is 1. The molecule has 2 aromatic heterocycles. The van der Waals surface area contributed by atoms with Crippen LogP contribution in [0.1, 0.15) is 27.3 Å². The number of nitrogens with one attached hydrogen (secondary N) is 1. The van der Waals surface area contributed by atoms with Gasteiger partial charge in [-0.05, 0) is 67.4 Å². The van der Waals surface area contributed by atoms with Crippen LogP contribution in [0.4, 0.5) is 0 Å². The Balaban J connectivity index is 1.65. The summed E-state index contributed by atoms with van der Waals surface area (Å²) in [5.74, 6) is -0.196. The molecule has 6 heteroatoms. The van der Waals surface area contributed by atoms with Crippen LogP contribution in [-0.4, -0.2) is 27.2 Å². The van der Waals surface area contributed by atoms with E-state index in [0.29, 0.717) is 23.7 Å². The van der Waals surface area contributed by atoms with E-state index < -0.39 is 0 Å². The van der Waals surface area contributed by atoms with E-state index in [1.54, 1.807) is 23.0 Å². The SMILES string of the molecule is Cc1ccc(-c2cc(C(=O)NCCc3ccccn3)n(-c3cccc(Cl)c3)n2)cc1C. The van der Waals surface area contributed by atoms with Crippen LogP contribution in [0.2, 0.25) is 5.02 Å². The van der Waals surface area contributed by atoms with Crippen molar-refractivity contribution in [1.82, 2.24) is 20.1 Å². The maximum absolute atomic E-state index is 13.1. The van der Waals surface area contributed by atoms with Crippen molar-refractivity contribution in [2.75, 3.05) is 6.54 Å². The van der Waals surface area contributed by atoms with E-state index in [2.05, 4.69) is 36.3 Å². The lowest BCUT2D eigenvalue weighted by Gasteiger charge is -2.08. The van der Waals surface area contributed by atoms with Crippen molar-refractivity contribution < 1.29 is 4.79 Å². The van der Waals surface area contributed by atoms with Gasteiger partial charge in [0.2, 0.25) is 0 Å². The van der Waals surface area contributed by atoms with Gasteiger partial charge >= 0.3 is 0 Å². The second-order valence-corrected chi connectivity index (χ2v) is 7.87. The van der Waals surface area contributed by atoms with E-state index in [1.807, 2.05) is 42.5 Å². The van der Waals surface area contributed by atoms with E-state index in [9.17, 15) is 4.79 Å². The van der Waals surface area contributed by atoms with Gasteiger partial charge in [-0.25, -0.2) is 4.68 Å². The summed E-state index contributed by atoms with van der Waals surface area (Å²) in [6.07, 6.45) is 2.41. The first-order valence-electron chi connectivity index (χ1n) is 10.1. The maximum atomic E-state index is 13.1. The summed E-state index contributed by atoms with van der Waals surface area (Å²) < 4.78 is 1.65. The van der Waals surface area contributed by atoms with Crippen LogP contribution in [-0.2, 0) is 6.42 Å². The van der Waals surface area contributed by atoms with Crippen molar-refractivity contribution in [3.63, 3.8) is 0 Å². The van der Waals surface area contributed by atoms with Gasteiger partial charge in [0.15, 0.2) is 0 Å². The van der Waals surface area contributed by atoms with Gasteiger partial charge in [-0.1, -0.05) is 35.9 Å². The third-order valence-corrected chi connectivity index (χ3v) is 5.43. The van der Waals surface area contributed by atoms with E-state index in [0.717, 1.165) is 22.6 Å². The number of pyridine rings is 1. The van der Waals surface area contributed by atoms with Crippen LogP contribution in [0.15, 0.2) is 72.9 Å². The zero-order valence-corrected chi connectivity index (χ0v) is 18.2. The number of benzene rings is 2. The molecular formula is C25H23ClN4O. The van der Waals surface area contributed by atoms with Gasteiger partial charge in [-0.2, -0.15) is 5.10 Å². The summed E-state index contributed by atoms with van der Waals surface area (Å²) in [6, 6.07) is 21.1. The molecular weight excluding hydrogens is 408 g/mol. The fourth-order valence-corrected chi connectivity index (χ4v) is 3.51. The van der Waals surface area contributed by atoms with E-state index in [-0.39, 0.29) is 5.91 Å². The Bertz CT molecular complexity index is 1220. The molecule has 0 aliphatic carbocycles. The zero-order chi connectivity index (χ0) is 21.8. The molecule has 0 bridgehead atoms. The molecule has 1 N–H and O–H groups in total. The van der Waals surface area contributed by atoms with E-state index >= 15 is 0 Å². The largest absolute Gasteiger partial charge is 0.350 e. The minimum Gasteiger partial charge on any atom is -0.350 e. The first-order chi connectivity index (χ1) is 15.0. The number of hydrogen-bond donors (Lipinski definition) is 1. The highest BCUT2D eigenvalue weighted by Crippen LogP contribution is 2.25. The molecule has 5 nitrogen and oxygen atoms in total. The summed E-state index contributed by atoms with van der Waals surface area (Å²) in [4.78, 5) is 17.4.